The molecule has 2 amide bonds. The van der Waals surface area contributed by atoms with Crippen LogP contribution >= 0.6 is 0 Å². The van der Waals surface area contributed by atoms with Crippen molar-refractivity contribution in [2.45, 2.75) is 45.2 Å². The summed E-state index contributed by atoms with van der Waals surface area (Å²) in [5.74, 6) is -1.66. The summed E-state index contributed by atoms with van der Waals surface area (Å²) < 4.78 is 5.66. The fourth-order valence-corrected chi connectivity index (χ4v) is 5.81. The Labute approximate surface area is 199 Å². The number of carboxylic acid groups (broad SMARTS) is 1. The van der Waals surface area contributed by atoms with Gasteiger partial charge in [0.25, 0.3) is 0 Å². The second kappa shape index (κ2) is 8.15. The number of carbonyl (C=O) groups is 3. The molecule has 2 N–H and O–H groups in total. The Morgan fingerprint density at radius 3 is 2.18 bits per heavy atom. The van der Waals surface area contributed by atoms with Crippen LogP contribution in [0.3, 0.4) is 0 Å². The standard InChI is InChI=1S/C27H30N2O5/c1-27(2,3)23(24(30)29-13-15-12-21(29)22(15)25(31)32)28-26(33)34-14-20-18-10-6-4-8-16(18)17-9-5-7-11-19(17)20/h4-11,15,20-23H,12-14H2,1-3H3,(H,28,33)(H,31,32)/t15?,21?,22?,23-/m1/s1. The highest BCUT2D eigenvalue weighted by molar-refractivity contribution is 5.88. The highest BCUT2D eigenvalue weighted by Gasteiger charge is 2.58. The third kappa shape index (κ3) is 3.63. The van der Waals surface area contributed by atoms with Gasteiger partial charge in [-0.3, -0.25) is 9.59 Å². The molecule has 7 nitrogen and oxygen atoms in total. The van der Waals surface area contributed by atoms with Crippen LogP contribution in [0.4, 0.5) is 4.79 Å². The van der Waals surface area contributed by atoms with E-state index in [0.29, 0.717) is 13.0 Å². The quantitative estimate of drug-likeness (QED) is 0.703. The molecule has 0 spiro atoms. The number of amides is 2. The first-order chi connectivity index (χ1) is 16.2. The first-order valence-electron chi connectivity index (χ1n) is 11.8. The summed E-state index contributed by atoms with van der Waals surface area (Å²) in [6.07, 6.45) is 0.0707. The lowest BCUT2D eigenvalue weighted by Gasteiger charge is -2.37. The second-order valence-electron chi connectivity index (χ2n) is 10.7. The van der Waals surface area contributed by atoms with Crippen LogP contribution in [0.2, 0.25) is 0 Å². The van der Waals surface area contributed by atoms with Crippen molar-refractivity contribution < 1.29 is 24.2 Å². The van der Waals surface area contributed by atoms with E-state index < -0.39 is 29.4 Å². The summed E-state index contributed by atoms with van der Waals surface area (Å²) in [6, 6.07) is 15.1. The molecule has 0 aromatic heterocycles. The van der Waals surface area contributed by atoms with Gasteiger partial charge in [0, 0.05) is 18.5 Å². The number of carbonyl (C=O) groups excluding carboxylic acids is 2. The average Bonchev–Trinajstić information content (AvgIpc) is 3.45. The molecule has 2 bridgehead atoms. The number of benzene rings is 2. The van der Waals surface area contributed by atoms with Crippen molar-refractivity contribution in [1.82, 2.24) is 10.2 Å². The number of aliphatic carboxylic acids is 1. The molecule has 2 aromatic rings. The van der Waals surface area contributed by atoms with Gasteiger partial charge >= 0.3 is 12.1 Å². The Kier molecular flexibility index (Phi) is 5.38. The largest absolute Gasteiger partial charge is 0.481 e. The first-order valence-corrected chi connectivity index (χ1v) is 11.8. The summed E-state index contributed by atoms with van der Waals surface area (Å²) in [5, 5.41) is 12.2. The number of rotatable bonds is 5. The minimum atomic E-state index is -0.853. The number of fused-ring (bicyclic) bond motifs is 4. The number of hydrogen-bond donors (Lipinski definition) is 2. The van der Waals surface area contributed by atoms with Crippen molar-refractivity contribution in [3.63, 3.8) is 0 Å². The Morgan fingerprint density at radius 1 is 1.06 bits per heavy atom. The van der Waals surface area contributed by atoms with Crippen molar-refractivity contribution in [2.75, 3.05) is 13.2 Å². The third-order valence-electron chi connectivity index (χ3n) is 7.59. The molecule has 4 atom stereocenters. The van der Waals surface area contributed by atoms with E-state index in [9.17, 15) is 19.5 Å². The number of hydrogen-bond acceptors (Lipinski definition) is 4. The van der Waals surface area contributed by atoms with Crippen molar-refractivity contribution in [2.24, 2.45) is 17.3 Å². The van der Waals surface area contributed by atoms with Gasteiger partial charge < -0.3 is 20.1 Å². The summed E-state index contributed by atoms with van der Waals surface area (Å²) in [5.41, 5.74) is 3.98. The fraction of sp³-hybridized carbons (Fsp3) is 0.444. The van der Waals surface area contributed by atoms with E-state index in [4.69, 9.17) is 4.74 Å². The van der Waals surface area contributed by atoms with E-state index >= 15 is 0 Å². The zero-order valence-corrected chi connectivity index (χ0v) is 19.7. The summed E-state index contributed by atoms with van der Waals surface area (Å²) in [7, 11) is 0. The molecule has 3 unspecified atom stereocenters. The van der Waals surface area contributed by atoms with Gasteiger partial charge in [0.15, 0.2) is 0 Å². The molecular weight excluding hydrogens is 432 g/mol. The minimum absolute atomic E-state index is 0.00141. The van der Waals surface area contributed by atoms with Crippen LogP contribution in [-0.2, 0) is 14.3 Å². The lowest BCUT2D eigenvalue weighted by atomic mass is 9.74. The number of alkyl carbamates (subject to hydrolysis) is 1. The van der Waals surface area contributed by atoms with Crippen LogP contribution in [-0.4, -0.2) is 53.2 Å². The molecule has 2 saturated heterocycles. The predicted molar refractivity (Wildman–Crippen MR) is 126 cm³/mol. The molecule has 3 fully saturated rings. The van der Waals surface area contributed by atoms with Gasteiger partial charge in [-0.05, 0) is 40.0 Å². The molecule has 6 rings (SSSR count). The number of ether oxygens (including phenoxy) is 1. The maximum absolute atomic E-state index is 13.4. The van der Waals surface area contributed by atoms with Gasteiger partial charge in [0.2, 0.25) is 5.91 Å². The second-order valence-corrected chi connectivity index (χ2v) is 10.7. The molecule has 1 saturated carbocycles. The molecule has 34 heavy (non-hydrogen) atoms. The number of carboxylic acids is 1. The van der Waals surface area contributed by atoms with Crippen LogP contribution in [0.1, 0.15) is 44.2 Å². The van der Waals surface area contributed by atoms with E-state index in [0.717, 1.165) is 22.3 Å². The Hall–Kier alpha value is -3.35. The van der Waals surface area contributed by atoms with Gasteiger partial charge in [0.1, 0.15) is 12.6 Å². The van der Waals surface area contributed by atoms with Crippen molar-refractivity contribution in [3.05, 3.63) is 59.7 Å². The molecular formula is C27H30N2O5. The average molecular weight is 463 g/mol. The smallest absolute Gasteiger partial charge is 0.407 e. The molecule has 178 valence electrons. The summed E-state index contributed by atoms with van der Waals surface area (Å²) in [6.45, 7) is 6.25. The Morgan fingerprint density at radius 2 is 1.65 bits per heavy atom. The van der Waals surface area contributed by atoms with E-state index in [1.54, 1.807) is 4.90 Å². The molecule has 2 heterocycles. The fourth-order valence-electron chi connectivity index (χ4n) is 5.81. The van der Waals surface area contributed by atoms with Crippen molar-refractivity contribution in [3.8, 4) is 11.1 Å². The monoisotopic (exact) mass is 462 g/mol. The van der Waals surface area contributed by atoms with Gasteiger partial charge in [-0.15, -0.1) is 0 Å². The van der Waals surface area contributed by atoms with Crippen LogP contribution in [0.25, 0.3) is 11.1 Å². The summed E-state index contributed by atoms with van der Waals surface area (Å²) in [4.78, 5) is 39.4. The molecule has 2 aliphatic heterocycles. The van der Waals surface area contributed by atoms with E-state index in [1.165, 1.54) is 0 Å². The van der Waals surface area contributed by atoms with E-state index in [1.807, 2.05) is 45.0 Å². The van der Waals surface area contributed by atoms with Crippen LogP contribution in [0, 0.1) is 17.3 Å². The van der Waals surface area contributed by atoms with Gasteiger partial charge in [0.05, 0.1) is 5.92 Å². The van der Waals surface area contributed by atoms with Gasteiger partial charge in [-0.2, -0.15) is 0 Å². The maximum atomic E-state index is 13.4. The lowest BCUT2D eigenvalue weighted by molar-refractivity contribution is -0.149. The molecule has 7 heteroatoms. The lowest BCUT2D eigenvalue weighted by Crippen LogP contribution is -2.56. The highest BCUT2D eigenvalue weighted by atomic mass is 16.5. The zero-order chi connectivity index (χ0) is 24.2. The molecule has 2 aromatic carbocycles. The number of nitrogens with zero attached hydrogens (tertiary/aromatic N) is 1. The highest BCUT2D eigenvalue weighted by Crippen LogP contribution is 2.47. The SMILES string of the molecule is CC(C)(C)[C@H](NC(=O)OCC1c2ccccc2-c2ccccc21)C(=O)N1CC2CC1C2C(=O)O. The van der Waals surface area contributed by atoms with Gasteiger partial charge in [-0.1, -0.05) is 69.3 Å². The number of nitrogens with one attached hydrogen (secondary N) is 1. The first kappa shape index (κ1) is 22.4. The Bertz CT molecular complexity index is 1110. The maximum Gasteiger partial charge on any atom is 0.407 e. The topological polar surface area (TPSA) is 95.9 Å². The summed E-state index contributed by atoms with van der Waals surface area (Å²) >= 11 is 0. The predicted octanol–water partition coefficient (Wildman–Crippen LogP) is 3.87. The molecule has 4 aliphatic rings. The van der Waals surface area contributed by atoms with Crippen molar-refractivity contribution >= 4 is 18.0 Å². The zero-order valence-electron chi connectivity index (χ0n) is 19.7. The normalized spacial score (nSPS) is 23.5. The molecule has 2 aliphatic carbocycles. The van der Waals surface area contributed by atoms with E-state index in [-0.39, 0.29) is 30.4 Å². The van der Waals surface area contributed by atoms with Crippen LogP contribution < -0.4 is 5.32 Å². The third-order valence-corrected chi connectivity index (χ3v) is 7.59. The van der Waals surface area contributed by atoms with Gasteiger partial charge in [-0.25, -0.2) is 4.79 Å². The van der Waals surface area contributed by atoms with Crippen molar-refractivity contribution in [1.29, 1.82) is 0 Å². The van der Waals surface area contributed by atoms with Crippen LogP contribution in [0.5, 0.6) is 0 Å². The Balaban J connectivity index is 1.28. The van der Waals surface area contributed by atoms with Crippen LogP contribution in [0.15, 0.2) is 48.5 Å². The molecule has 0 radical (unpaired) electrons. The minimum Gasteiger partial charge on any atom is -0.481 e. The van der Waals surface area contributed by atoms with E-state index in [2.05, 4.69) is 29.6 Å².